The Morgan fingerprint density at radius 3 is 2.67 bits per heavy atom. The summed E-state index contributed by atoms with van der Waals surface area (Å²) in [6.45, 7) is 6.42. The lowest BCUT2D eigenvalue weighted by atomic mass is 10.00. The second kappa shape index (κ2) is 8.34. The number of rotatable bonds is 7. The minimum absolute atomic E-state index is 0.0414. The molecule has 1 aromatic heterocycles. The zero-order valence-corrected chi connectivity index (χ0v) is 14.4. The molecule has 0 aliphatic carbocycles. The maximum atomic E-state index is 12.0. The van der Waals surface area contributed by atoms with Crippen LogP contribution < -0.4 is 10.6 Å². The van der Waals surface area contributed by atoms with Crippen LogP contribution in [0.25, 0.3) is 0 Å². The summed E-state index contributed by atoms with van der Waals surface area (Å²) in [4.78, 5) is 23.6. The van der Waals surface area contributed by atoms with Crippen molar-refractivity contribution < 1.29 is 14.0 Å². The molecule has 0 saturated heterocycles. The first-order valence-electron chi connectivity index (χ1n) is 8.13. The highest BCUT2D eigenvalue weighted by atomic mass is 16.3. The summed E-state index contributed by atoms with van der Waals surface area (Å²) >= 11 is 0. The Morgan fingerprint density at radius 2 is 2.00 bits per heavy atom. The Labute approximate surface area is 142 Å². The Kier molecular flexibility index (Phi) is 6.18. The molecule has 0 saturated carbocycles. The van der Waals surface area contributed by atoms with Crippen molar-refractivity contribution in [1.82, 2.24) is 10.6 Å². The molecule has 5 nitrogen and oxygen atoms in total. The van der Waals surface area contributed by atoms with Crippen LogP contribution in [0.4, 0.5) is 0 Å². The number of benzene rings is 1. The smallest absolute Gasteiger partial charge is 0.286 e. The van der Waals surface area contributed by atoms with Crippen molar-refractivity contribution in [3.8, 4) is 0 Å². The van der Waals surface area contributed by atoms with Crippen molar-refractivity contribution in [1.29, 1.82) is 0 Å². The highest BCUT2D eigenvalue weighted by Crippen LogP contribution is 2.12. The average molecular weight is 328 g/mol. The number of furan rings is 1. The molecule has 2 N–H and O–H groups in total. The molecule has 5 heteroatoms. The fraction of sp³-hybridized carbons (Fsp3) is 0.368. The Bertz CT molecular complexity index is 693. The zero-order valence-electron chi connectivity index (χ0n) is 14.4. The van der Waals surface area contributed by atoms with E-state index in [1.54, 1.807) is 12.1 Å². The number of aryl methyl sites for hydroxylation is 2. The predicted octanol–water partition coefficient (Wildman–Crippen LogP) is 2.76. The van der Waals surface area contributed by atoms with E-state index in [1.807, 2.05) is 6.92 Å². The highest BCUT2D eigenvalue weighted by molar-refractivity contribution is 5.91. The van der Waals surface area contributed by atoms with E-state index in [0.717, 1.165) is 6.42 Å². The molecular formula is C19H24N2O3. The van der Waals surface area contributed by atoms with E-state index in [2.05, 4.69) is 42.7 Å². The molecule has 2 rings (SSSR count). The summed E-state index contributed by atoms with van der Waals surface area (Å²) < 4.78 is 4.99. The van der Waals surface area contributed by atoms with E-state index in [1.165, 1.54) is 23.0 Å². The number of nitrogens with one attached hydrogen (secondary N) is 2. The molecule has 128 valence electrons. The lowest BCUT2D eigenvalue weighted by molar-refractivity contribution is -0.121. The van der Waals surface area contributed by atoms with Gasteiger partial charge in [0.15, 0.2) is 5.76 Å². The minimum atomic E-state index is -0.309. The van der Waals surface area contributed by atoms with Crippen LogP contribution in [0.1, 0.15) is 40.6 Å². The minimum Gasteiger partial charge on any atom is -0.459 e. The third kappa shape index (κ3) is 5.26. The van der Waals surface area contributed by atoms with Crippen LogP contribution in [0.5, 0.6) is 0 Å². The van der Waals surface area contributed by atoms with Gasteiger partial charge >= 0.3 is 0 Å². The summed E-state index contributed by atoms with van der Waals surface area (Å²) in [5.74, 6) is -0.137. The van der Waals surface area contributed by atoms with Gasteiger partial charge in [-0.1, -0.05) is 23.8 Å². The second-order valence-electron chi connectivity index (χ2n) is 6.09. The van der Waals surface area contributed by atoms with Gasteiger partial charge in [-0.05, 0) is 50.5 Å². The van der Waals surface area contributed by atoms with Crippen LogP contribution in [-0.2, 0) is 11.2 Å². The molecule has 1 aromatic carbocycles. The van der Waals surface area contributed by atoms with Gasteiger partial charge in [-0.2, -0.15) is 0 Å². The predicted molar refractivity (Wildman–Crippen MR) is 92.9 cm³/mol. The van der Waals surface area contributed by atoms with Crippen LogP contribution in [0.15, 0.2) is 41.0 Å². The van der Waals surface area contributed by atoms with Crippen molar-refractivity contribution in [2.45, 2.75) is 39.7 Å². The SMILES string of the molecule is Cc1ccc(CC(C)NC(=O)CCNC(=O)c2ccco2)c(C)c1. The van der Waals surface area contributed by atoms with Gasteiger partial charge in [0, 0.05) is 19.0 Å². The van der Waals surface area contributed by atoms with Crippen LogP contribution in [-0.4, -0.2) is 24.4 Å². The molecule has 0 aliphatic heterocycles. The van der Waals surface area contributed by atoms with Crippen molar-refractivity contribution in [2.75, 3.05) is 6.54 Å². The number of carbonyl (C=O) groups is 2. The Balaban J connectivity index is 1.72. The Morgan fingerprint density at radius 1 is 1.21 bits per heavy atom. The summed E-state index contributed by atoms with van der Waals surface area (Å²) in [5.41, 5.74) is 3.71. The van der Waals surface area contributed by atoms with Crippen molar-refractivity contribution in [2.24, 2.45) is 0 Å². The van der Waals surface area contributed by atoms with Crippen molar-refractivity contribution in [3.63, 3.8) is 0 Å². The first-order valence-corrected chi connectivity index (χ1v) is 8.13. The summed E-state index contributed by atoms with van der Waals surface area (Å²) in [6.07, 6.45) is 2.47. The maximum absolute atomic E-state index is 12.0. The van der Waals surface area contributed by atoms with Gasteiger partial charge in [0.25, 0.3) is 5.91 Å². The van der Waals surface area contributed by atoms with Gasteiger partial charge in [-0.15, -0.1) is 0 Å². The highest BCUT2D eigenvalue weighted by Gasteiger charge is 2.11. The summed E-state index contributed by atoms with van der Waals surface area (Å²) in [7, 11) is 0. The Hall–Kier alpha value is -2.56. The van der Waals surface area contributed by atoms with Gasteiger partial charge < -0.3 is 15.1 Å². The number of carbonyl (C=O) groups excluding carboxylic acids is 2. The standard InChI is InChI=1S/C19H24N2O3/c1-13-6-7-16(14(2)11-13)12-15(3)21-18(22)8-9-20-19(23)17-5-4-10-24-17/h4-7,10-11,15H,8-9,12H2,1-3H3,(H,20,23)(H,21,22). The van der Waals surface area contributed by atoms with E-state index in [9.17, 15) is 9.59 Å². The van der Waals surface area contributed by atoms with Crippen molar-refractivity contribution in [3.05, 3.63) is 59.0 Å². The quantitative estimate of drug-likeness (QED) is 0.821. The molecule has 0 radical (unpaired) electrons. The molecule has 1 heterocycles. The number of hydrogen-bond donors (Lipinski definition) is 2. The zero-order chi connectivity index (χ0) is 17.5. The third-order valence-electron chi connectivity index (χ3n) is 3.81. The van der Waals surface area contributed by atoms with Crippen molar-refractivity contribution >= 4 is 11.8 Å². The van der Waals surface area contributed by atoms with Gasteiger partial charge in [0.1, 0.15) is 0 Å². The molecule has 1 unspecified atom stereocenters. The van der Waals surface area contributed by atoms with Crippen LogP contribution in [0.2, 0.25) is 0 Å². The van der Waals surface area contributed by atoms with Crippen LogP contribution >= 0.6 is 0 Å². The average Bonchev–Trinajstić information content (AvgIpc) is 3.04. The van der Waals surface area contributed by atoms with Gasteiger partial charge in [0.2, 0.25) is 5.91 Å². The van der Waals surface area contributed by atoms with E-state index in [4.69, 9.17) is 4.42 Å². The molecule has 0 bridgehead atoms. The molecule has 0 spiro atoms. The fourth-order valence-electron chi connectivity index (χ4n) is 2.59. The molecule has 2 aromatic rings. The normalized spacial score (nSPS) is 11.8. The monoisotopic (exact) mass is 328 g/mol. The van der Waals surface area contributed by atoms with Crippen LogP contribution in [0, 0.1) is 13.8 Å². The third-order valence-corrected chi connectivity index (χ3v) is 3.81. The van der Waals surface area contributed by atoms with Gasteiger partial charge in [-0.3, -0.25) is 9.59 Å². The number of amides is 2. The maximum Gasteiger partial charge on any atom is 0.286 e. The van der Waals surface area contributed by atoms with Gasteiger partial charge in [0.05, 0.1) is 6.26 Å². The van der Waals surface area contributed by atoms with E-state index in [-0.39, 0.29) is 36.6 Å². The lowest BCUT2D eigenvalue weighted by Crippen LogP contribution is -2.36. The first kappa shape index (κ1) is 17.8. The molecule has 0 fully saturated rings. The van der Waals surface area contributed by atoms with Crippen LogP contribution in [0.3, 0.4) is 0 Å². The van der Waals surface area contributed by atoms with Gasteiger partial charge in [-0.25, -0.2) is 0 Å². The summed E-state index contributed by atoms with van der Waals surface area (Å²) in [5, 5.41) is 5.63. The van der Waals surface area contributed by atoms with E-state index in [0.29, 0.717) is 0 Å². The van der Waals surface area contributed by atoms with E-state index >= 15 is 0 Å². The van der Waals surface area contributed by atoms with E-state index < -0.39 is 0 Å². The fourth-order valence-corrected chi connectivity index (χ4v) is 2.59. The lowest BCUT2D eigenvalue weighted by Gasteiger charge is -2.16. The molecule has 2 amide bonds. The summed E-state index contributed by atoms with van der Waals surface area (Å²) in [6, 6.07) is 9.61. The topological polar surface area (TPSA) is 71.3 Å². The molecule has 1 atom stereocenters. The largest absolute Gasteiger partial charge is 0.459 e. The number of hydrogen-bond acceptors (Lipinski definition) is 3. The second-order valence-corrected chi connectivity index (χ2v) is 6.09. The molecule has 0 aliphatic rings. The molecule has 24 heavy (non-hydrogen) atoms. The first-order chi connectivity index (χ1) is 11.5. The molecular weight excluding hydrogens is 304 g/mol.